The number of carbonyl (C=O) groups is 2. The number of hydrogen-bond acceptors (Lipinski definition) is 5. The van der Waals surface area contributed by atoms with Crippen LogP contribution in [0.1, 0.15) is 67.7 Å². The Morgan fingerprint density at radius 1 is 1.19 bits per heavy atom. The van der Waals surface area contributed by atoms with E-state index in [9.17, 15) is 22.8 Å². The summed E-state index contributed by atoms with van der Waals surface area (Å²) in [6.07, 6.45) is 2.64. The van der Waals surface area contributed by atoms with Gasteiger partial charge in [0.1, 0.15) is 23.7 Å². The highest BCUT2D eigenvalue weighted by atomic mass is 19.4. The van der Waals surface area contributed by atoms with Gasteiger partial charge in [0.25, 0.3) is 5.91 Å². The van der Waals surface area contributed by atoms with E-state index in [0.29, 0.717) is 30.0 Å². The van der Waals surface area contributed by atoms with E-state index in [4.69, 9.17) is 9.84 Å². The number of fused-ring (bicyclic) bond motifs is 1. The molecule has 3 heterocycles. The maximum atomic E-state index is 13.1. The molecule has 1 atom stereocenters. The average Bonchev–Trinajstić information content (AvgIpc) is 3.48. The van der Waals surface area contributed by atoms with Crippen molar-refractivity contribution in [3.8, 4) is 5.75 Å². The summed E-state index contributed by atoms with van der Waals surface area (Å²) in [4.78, 5) is 27.9. The zero-order valence-electron chi connectivity index (χ0n) is 20.3. The molecule has 2 aliphatic rings. The number of carbonyl (C=O) groups excluding carboxylic acids is 2. The molecule has 1 aromatic carbocycles. The Bertz CT molecular complexity index is 1310. The summed E-state index contributed by atoms with van der Waals surface area (Å²) in [6.45, 7) is 2.43. The van der Waals surface area contributed by atoms with Crippen molar-refractivity contribution in [2.45, 2.75) is 63.7 Å². The molecule has 0 radical (unpaired) electrons. The van der Waals surface area contributed by atoms with E-state index < -0.39 is 17.8 Å². The molecule has 0 spiro atoms. The fraction of sp³-hybridized carbons (Fsp3) is 0.462. The molecule has 1 aliphatic heterocycles. The van der Waals surface area contributed by atoms with Crippen LogP contribution in [-0.4, -0.2) is 39.2 Å². The fourth-order valence-electron chi connectivity index (χ4n) is 4.88. The number of amides is 2. The maximum absolute atomic E-state index is 13.1. The summed E-state index contributed by atoms with van der Waals surface area (Å²) in [6, 6.07) is 6.71. The van der Waals surface area contributed by atoms with Crippen molar-refractivity contribution < 1.29 is 27.5 Å². The SMILES string of the molecule is CC1CCC(n2cc3cc(NC(=O)c4cccc(C(F)(F)F)n4)c(OC[C@H]4CCC(=O)N4)cc3n2)CC1. The van der Waals surface area contributed by atoms with Gasteiger partial charge in [0, 0.05) is 24.1 Å². The zero-order chi connectivity index (χ0) is 26.2. The second-order valence-corrected chi connectivity index (χ2v) is 9.90. The Morgan fingerprint density at radius 2 is 1.97 bits per heavy atom. The fourth-order valence-corrected chi connectivity index (χ4v) is 4.88. The minimum atomic E-state index is -4.67. The molecule has 0 unspecified atom stereocenters. The van der Waals surface area contributed by atoms with E-state index in [1.807, 2.05) is 10.9 Å². The second-order valence-electron chi connectivity index (χ2n) is 9.90. The van der Waals surface area contributed by atoms with E-state index in [1.165, 1.54) is 6.07 Å². The third-order valence-electron chi connectivity index (χ3n) is 7.03. The van der Waals surface area contributed by atoms with Gasteiger partial charge in [-0.3, -0.25) is 14.3 Å². The van der Waals surface area contributed by atoms with Gasteiger partial charge < -0.3 is 15.4 Å². The van der Waals surface area contributed by atoms with Crippen LogP contribution < -0.4 is 15.4 Å². The third kappa shape index (κ3) is 5.70. The van der Waals surface area contributed by atoms with Crippen molar-refractivity contribution >= 4 is 28.4 Å². The van der Waals surface area contributed by atoms with Gasteiger partial charge in [-0.15, -0.1) is 0 Å². The first kappa shape index (κ1) is 25.0. The van der Waals surface area contributed by atoms with Crippen LogP contribution in [0.4, 0.5) is 18.9 Å². The van der Waals surface area contributed by atoms with Gasteiger partial charge in [-0.25, -0.2) is 4.98 Å². The van der Waals surface area contributed by atoms with Crippen LogP contribution in [-0.2, 0) is 11.0 Å². The van der Waals surface area contributed by atoms with Crippen LogP contribution >= 0.6 is 0 Å². The molecule has 37 heavy (non-hydrogen) atoms. The molecular formula is C26H28F3N5O3. The Labute approximate surface area is 211 Å². The highest BCUT2D eigenvalue weighted by Gasteiger charge is 2.33. The van der Waals surface area contributed by atoms with Crippen LogP contribution in [0.15, 0.2) is 36.5 Å². The first-order chi connectivity index (χ1) is 17.7. The Morgan fingerprint density at radius 3 is 2.68 bits per heavy atom. The summed E-state index contributed by atoms with van der Waals surface area (Å²) >= 11 is 0. The lowest BCUT2D eigenvalue weighted by Gasteiger charge is -2.26. The topological polar surface area (TPSA) is 98.1 Å². The normalized spacial score (nSPS) is 22.2. The van der Waals surface area contributed by atoms with Gasteiger partial charge >= 0.3 is 6.18 Å². The number of pyridine rings is 1. The summed E-state index contributed by atoms with van der Waals surface area (Å²) in [5.41, 5.74) is -0.541. The largest absolute Gasteiger partial charge is 0.489 e. The van der Waals surface area contributed by atoms with Crippen LogP contribution in [0, 0.1) is 5.92 Å². The van der Waals surface area contributed by atoms with Crippen LogP contribution in [0.25, 0.3) is 10.9 Å². The summed E-state index contributed by atoms with van der Waals surface area (Å²) < 4.78 is 47.2. The number of rotatable bonds is 6. The van der Waals surface area contributed by atoms with Crippen molar-refractivity contribution in [2.24, 2.45) is 5.92 Å². The summed E-state index contributed by atoms with van der Waals surface area (Å²) in [5, 5.41) is 11.0. The number of hydrogen-bond donors (Lipinski definition) is 2. The van der Waals surface area contributed by atoms with E-state index in [-0.39, 0.29) is 36.0 Å². The quantitative estimate of drug-likeness (QED) is 0.476. The number of alkyl halides is 3. The first-order valence-electron chi connectivity index (χ1n) is 12.5. The molecule has 8 nitrogen and oxygen atoms in total. The Hall–Kier alpha value is -3.63. The molecule has 2 aromatic heterocycles. The first-order valence-corrected chi connectivity index (χ1v) is 12.5. The van der Waals surface area contributed by atoms with E-state index in [2.05, 4.69) is 22.5 Å². The van der Waals surface area contributed by atoms with Gasteiger partial charge in [-0.2, -0.15) is 18.3 Å². The Kier molecular flexibility index (Phi) is 6.78. The lowest BCUT2D eigenvalue weighted by atomic mass is 9.87. The van der Waals surface area contributed by atoms with E-state index in [0.717, 1.165) is 43.2 Å². The molecule has 2 amide bonds. The van der Waals surface area contributed by atoms with Crippen LogP contribution in [0.2, 0.25) is 0 Å². The summed E-state index contributed by atoms with van der Waals surface area (Å²) in [5.74, 6) is 0.173. The highest BCUT2D eigenvalue weighted by Crippen LogP contribution is 2.35. The number of halogens is 3. The van der Waals surface area contributed by atoms with E-state index >= 15 is 0 Å². The standard InChI is InChI=1S/C26H28F3N5O3/c1-15-5-8-18(9-6-15)34-13-16-11-21(32-25(36)19-3-2-4-23(31-19)26(27,28)29)22(12-20(16)33-34)37-14-17-7-10-24(35)30-17/h2-4,11-13,15,17-18H,5-10,14H2,1H3,(H,30,35)(H,32,36)/t15?,17-,18?/m1/s1. The molecule has 3 aromatic rings. The molecule has 1 saturated heterocycles. The minimum absolute atomic E-state index is 0.0475. The third-order valence-corrected chi connectivity index (χ3v) is 7.03. The van der Waals surface area contributed by atoms with Crippen molar-refractivity contribution in [1.29, 1.82) is 0 Å². The van der Waals surface area contributed by atoms with Crippen molar-refractivity contribution in [3.63, 3.8) is 0 Å². The molecule has 1 saturated carbocycles. The van der Waals surface area contributed by atoms with Crippen molar-refractivity contribution in [3.05, 3.63) is 47.9 Å². The van der Waals surface area contributed by atoms with E-state index in [1.54, 1.807) is 12.1 Å². The van der Waals surface area contributed by atoms with Gasteiger partial charge in [0.2, 0.25) is 5.91 Å². The van der Waals surface area contributed by atoms with Crippen molar-refractivity contribution in [1.82, 2.24) is 20.1 Å². The molecule has 11 heteroatoms. The lowest BCUT2D eigenvalue weighted by Crippen LogP contribution is -2.31. The molecule has 1 aliphatic carbocycles. The molecule has 2 fully saturated rings. The Balaban J connectivity index is 1.43. The predicted octanol–water partition coefficient (Wildman–Crippen LogP) is 5.11. The smallest absolute Gasteiger partial charge is 0.433 e. The number of nitrogens with zero attached hydrogens (tertiary/aromatic N) is 3. The molecule has 0 bridgehead atoms. The van der Waals surface area contributed by atoms with Crippen LogP contribution in [0.5, 0.6) is 5.75 Å². The van der Waals surface area contributed by atoms with Gasteiger partial charge in [-0.1, -0.05) is 13.0 Å². The second kappa shape index (κ2) is 10.0. The number of ether oxygens (including phenoxy) is 1. The molecular weight excluding hydrogens is 487 g/mol. The molecule has 2 N–H and O–H groups in total. The number of nitrogens with one attached hydrogen (secondary N) is 2. The summed E-state index contributed by atoms with van der Waals surface area (Å²) in [7, 11) is 0. The highest BCUT2D eigenvalue weighted by molar-refractivity contribution is 6.05. The zero-order valence-corrected chi connectivity index (χ0v) is 20.3. The maximum Gasteiger partial charge on any atom is 0.433 e. The van der Waals surface area contributed by atoms with Gasteiger partial charge in [-0.05, 0) is 56.2 Å². The average molecular weight is 516 g/mol. The lowest BCUT2D eigenvalue weighted by molar-refractivity contribution is -0.141. The predicted molar refractivity (Wildman–Crippen MR) is 130 cm³/mol. The van der Waals surface area contributed by atoms with Gasteiger partial charge in [0.05, 0.1) is 23.3 Å². The number of anilines is 1. The van der Waals surface area contributed by atoms with Crippen LogP contribution in [0.3, 0.4) is 0 Å². The number of aromatic nitrogens is 3. The molecule has 196 valence electrons. The minimum Gasteiger partial charge on any atom is -0.489 e. The van der Waals surface area contributed by atoms with Crippen molar-refractivity contribution in [2.75, 3.05) is 11.9 Å². The monoisotopic (exact) mass is 515 g/mol. The molecule has 5 rings (SSSR count). The van der Waals surface area contributed by atoms with Gasteiger partial charge in [0.15, 0.2) is 0 Å². The number of benzene rings is 1.